The molecule has 0 unspecified atom stereocenters. The molecule has 0 aliphatic heterocycles. The SMILES string of the molecule is CCC(CC)(CN)C(=O)N(CCOC)C(C)C. The van der Waals surface area contributed by atoms with Crippen molar-refractivity contribution < 1.29 is 9.53 Å². The summed E-state index contributed by atoms with van der Waals surface area (Å²) in [6, 6.07) is 0.182. The Morgan fingerprint density at radius 2 is 1.88 bits per heavy atom. The molecule has 0 fully saturated rings. The standard InChI is InChI=1S/C13H28N2O2/c1-6-13(7-2,10-14)12(16)15(11(3)4)8-9-17-5/h11H,6-10,14H2,1-5H3. The molecule has 2 N–H and O–H groups in total. The van der Waals surface area contributed by atoms with Crippen LogP contribution in [0.4, 0.5) is 0 Å². The maximum absolute atomic E-state index is 12.6. The van der Waals surface area contributed by atoms with Crippen molar-refractivity contribution in [3.63, 3.8) is 0 Å². The van der Waals surface area contributed by atoms with Gasteiger partial charge in [0.1, 0.15) is 0 Å². The first kappa shape index (κ1) is 16.4. The van der Waals surface area contributed by atoms with Crippen LogP contribution in [0.5, 0.6) is 0 Å². The lowest BCUT2D eigenvalue weighted by molar-refractivity contribution is -0.144. The Morgan fingerprint density at radius 3 is 2.18 bits per heavy atom. The minimum atomic E-state index is -0.405. The number of carbonyl (C=O) groups is 1. The van der Waals surface area contributed by atoms with E-state index in [1.807, 2.05) is 32.6 Å². The monoisotopic (exact) mass is 244 g/mol. The summed E-state index contributed by atoms with van der Waals surface area (Å²) in [7, 11) is 1.65. The Bertz CT molecular complexity index is 217. The highest BCUT2D eigenvalue weighted by atomic mass is 16.5. The van der Waals surface area contributed by atoms with Crippen molar-refractivity contribution >= 4 is 5.91 Å². The zero-order valence-corrected chi connectivity index (χ0v) is 12.0. The smallest absolute Gasteiger partial charge is 0.230 e. The largest absolute Gasteiger partial charge is 0.383 e. The molecule has 0 aliphatic rings. The summed E-state index contributed by atoms with van der Waals surface area (Å²) in [5.74, 6) is 0.164. The summed E-state index contributed by atoms with van der Waals surface area (Å²) in [4.78, 5) is 14.5. The molecular weight excluding hydrogens is 216 g/mol. The van der Waals surface area contributed by atoms with E-state index >= 15 is 0 Å². The Hall–Kier alpha value is -0.610. The first-order chi connectivity index (χ1) is 7.98. The van der Waals surface area contributed by atoms with E-state index in [1.54, 1.807) is 7.11 Å². The summed E-state index contributed by atoms with van der Waals surface area (Å²) >= 11 is 0. The number of methoxy groups -OCH3 is 1. The van der Waals surface area contributed by atoms with E-state index in [1.165, 1.54) is 0 Å². The van der Waals surface area contributed by atoms with Gasteiger partial charge in [-0.1, -0.05) is 13.8 Å². The molecular formula is C13H28N2O2. The fourth-order valence-electron chi connectivity index (χ4n) is 2.02. The second-order valence-electron chi connectivity index (χ2n) is 4.78. The van der Waals surface area contributed by atoms with Crippen LogP contribution in [0.25, 0.3) is 0 Å². The molecule has 17 heavy (non-hydrogen) atoms. The van der Waals surface area contributed by atoms with Crippen molar-refractivity contribution in [1.29, 1.82) is 0 Å². The zero-order valence-electron chi connectivity index (χ0n) is 12.0. The molecule has 0 bridgehead atoms. The Balaban J connectivity index is 4.90. The zero-order chi connectivity index (χ0) is 13.5. The molecule has 0 saturated carbocycles. The van der Waals surface area contributed by atoms with Crippen LogP contribution in [0.1, 0.15) is 40.5 Å². The lowest BCUT2D eigenvalue weighted by atomic mass is 9.80. The maximum Gasteiger partial charge on any atom is 0.230 e. The fourth-order valence-corrected chi connectivity index (χ4v) is 2.02. The molecule has 0 rings (SSSR count). The van der Waals surface area contributed by atoms with E-state index in [9.17, 15) is 4.79 Å². The van der Waals surface area contributed by atoms with Gasteiger partial charge in [-0.3, -0.25) is 4.79 Å². The van der Waals surface area contributed by atoms with Gasteiger partial charge in [0.2, 0.25) is 5.91 Å². The third kappa shape index (κ3) is 3.96. The van der Waals surface area contributed by atoms with Gasteiger partial charge in [-0.2, -0.15) is 0 Å². The molecule has 1 amide bonds. The minimum absolute atomic E-state index is 0.164. The number of hydrogen-bond acceptors (Lipinski definition) is 3. The van der Waals surface area contributed by atoms with Crippen LogP contribution in [0, 0.1) is 5.41 Å². The van der Waals surface area contributed by atoms with Crippen LogP contribution in [0.3, 0.4) is 0 Å². The summed E-state index contributed by atoms with van der Waals surface area (Å²) < 4.78 is 5.06. The van der Waals surface area contributed by atoms with Gasteiger partial charge in [0.25, 0.3) is 0 Å². The average molecular weight is 244 g/mol. The number of nitrogens with two attached hydrogens (primary N) is 1. The highest BCUT2D eigenvalue weighted by molar-refractivity contribution is 5.83. The Kier molecular flexibility index (Phi) is 7.39. The molecule has 0 spiro atoms. The molecule has 0 atom stereocenters. The van der Waals surface area contributed by atoms with Gasteiger partial charge in [0, 0.05) is 26.2 Å². The third-order valence-electron chi connectivity index (χ3n) is 3.62. The normalized spacial score (nSPS) is 11.9. The highest BCUT2D eigenvalue weighted by Gasteiger charge is 2.37. The van der Waals surface area contributed by atoms with Crippen LogP contribution in [0.2, 0.25) is 0 Å². The van der Waals surface area contributed by atoms with Gasteiger partial charge in [0.05, 0.1) is 12.0 Å². The lowest BCUT2D eigenvalue weighted by Gasteiger charge is -2.37. The second-order valence-corrected chi connectivity index (χ2v) is 4.78. The van der Waals surface area contributed by atoms with Crippen molar-refractivity contribution in [1.82, 2.24) is 4.90 Å². The Labute approximate surface area is 105 Å². The number of nitrogens with zero attached hydrogens (tertiary/aromatic N) is 1. The average Bonchev–Trinajstić information content (AvgIpc) is 2.32. The van der Waals surface area contributed by atoms with Gasteiger partial charge >= 0.3 is 0 Å². The van der Waals surface area contributed by atoms with Gasteiger partial charge in [-0.15, -0.1) is 0 Å². The van der Waals surface area contributed by atoms with Crippen molar-refractivity contribution in [3.8, 4) is 0 Å². The molecule has 4 heteroatoms. The van der Waals surface area contributed by atoms with Gasteiger partial charge < -0.3 is 15.4 Å². The number of amides is 1. The molecule has 0 saturated heterocycles. The van der Waals surface area contributed by atoms with Crippen LogP contribution in [-0.4, -0.2) is 43.7 Å². The van der Waals surface area contributed by atoms with E-state index in [0.717, 1.165) is 12.8 Å². The number of hydrogen-bond donors (Lipinski definition) is 1. The maximum atomic E-state index is 12.6. The molecule has 0 aromatic carbocycles. The van der Waals surface area contributed by atoms with Crippen LogP contribution >= 0.6 is 0 Å². The van der Waals surface area contributed by atoms with Gasteiger partial charge in [0.15, 0.2) is 0 Å². The Morgan fingerprint density at radius 1 is 1.35 bits per heavy atom. The predicted octanol–water partition coefficient (Wildman–Crippen LogP) is 1.63. The molecule has 4 nitrogen and oxygen atoms in total. The van der Waals surface area contributed by atoms with Gasteiger partial charge in [-0.05, 0) is 26.7 Å². The van der Waals surface area contributed by atoms with E-state index < -0.39 is 5.41 Å². The van der Waals surface area contributed by atoms with Crippen molar-refractivity contribution in [3.05, 3.63) is 0 Å². The number of ether oxygens (including phenoxy) is 1. The molecule has 0 aromatic heterocycles. The van der Waals surface area contributed by atoms with Gasteiger partial charge in [-0.25, -0.2) is 0 Å². The molecule has 0 aromatic rings. The first-order valence-corrected chi connectivity index (χ1v) is 6.49. The van der Waals surface area contributed by atoms with Crippen LogP contribution in [0.15, 0.2) is 0 Å². The van der Waals surface area contributed by atoms with Crippen molar-refractivity contribution in [2.24, 2.45) is 11.1 Å². The fraction of sp³-hybridized carbons (Fsp3) is 0.923. The van der Waals surface area contributed by atoms with E-state index in [0.29, 0.717) is 19.7 Å². The minimum Gasteiger partial charge on any atom is -0.383 e. The van der Waals surface area contributed by atoms with Crippen molar-refractivity contribution in [2.75, 3.05) is 26.8 Å². The summed E-state index contributed by atoms with van der Waals surface area (Å²) in [6.07, 6.45) is 1.57. The number of carbonyl (C=O) groups excluding carboxylic acids is 1. The predicted molar refractivity (Wildman–Crippen MR) is 70.8 cm³/mol. The first-order valence-electron chi connectivity index (χ1n) is 6.49. The molecule has 0 aliphatic carbocycles. The third-order valence-corrected chi connectivity index (χ3v) is 3.62. The molecule has 102 valence electrons. The van der Waals surface area contributed by atoms with Crippen LogP contribution < -0.4 is 5.73 Å². The summed E-state index contributed by atoms with van der Waals surface area (Å²) in [5.41, 5.74) is 5.41. The molecule has 0 radical (unpaired) electrons. The van der Waals surface area contributed by atoms with E-state index in [2.05, 4.69) is 0 Å². The van der Waals surface area contributed by atoms with E-state index in [4.69, 9.17) is 10.5 Å². The van der Waals surface area contributed by atoms with Crippen LogP contribution in [-0.2, 0) is 9.53 Å². The number of rotatable bonds is 8. The second kappa shape index (κ2) is 7.67. The highest BCUT2D eigenvalue weighted by Crippen LogP contribution is 2.28. The molecule has 0 heterocycles. The summed E-state index contributed by atoms with van der Waals surface area (Å²) in [5, 5.41) is 0. The quantitative estimate of drug-likeness (QED) is 0.706. The van der Waals surface area contributed by atoms with Crippen molar-refractivity contribution in [2.45, 2.75) is 46.6 Å². The topological polar surface area (TPSA) is 55.6 Å². The summed E-state index contributed by atoms with van der Waals surface area (Å²) in [6.45, 7) is 9.73. The van der Waals surface area contributed by atoms with E-state index in [-0.39, 0.29) is 11.9 Å². The lowest BCUT2D eigenvalue weighted by Crippen LogP contribution is -2.51.